The maximum absolute atomic E-state index is 12.8. The number of carbonyl (C=O) groups is 1. The fourth-order valence-corrected chi connectivity index (χ4v) is 3.21. The van der Waals surface area contributed by atoms with Crippen LogP contribution in [0.1, 0.15) is 11.3 Å². The number of thiazole rings is 1. The fraction of sp³-hybridized carbons (Fsp3) is 0.231. The highest BCUT2D eigenvalue weighted by Crippen LogP contribution is 2.26. The van der Waals surface area contributed by atoms with Gasteiger partial charge in [0.1, 0.15) is 10.2 Å². The van der Waals surface area contributed by atoms with Crippen LogP contribution in [-0.4, -0.2) is 17.9 Å². The van der Waals surface area contributed by atoms with Crippen LogP contribution in [0.4, 0.5) is 4.39 Å². The number of aromatic nitrogens is 1. The van der Waals surface area contributed by atoms with Gasteiger partial charge < -0.3 is 5.32 Å². The van der Waals surface area contributed by atoms with E-state index in [1.54, 1.807) is 30.9 Å². The van der Waals surface area contributed by atoms with Gasteiger partial charge in [0.25, 0.3) is 0 Å². The topological polar surface area (TPSA) is 42.0 Å². The second-order valence-corrected chi connectivity index (χ2v) is 5.95. The summed E-state index contributed by atoms with van der Waals surface area (Å²) < 4.78 is 13.7. The van der Waals surface area contributed by atoms with E-state index >= 15 is 0 Å². The van der Waals surface area contributed by atoms with Gasteiger partial charge in [-0.25, -0.2) is 9.37 Å². The highest BCUT2D eigenvalue weighted by atomic mass is 32.2. The van der Waals surface area contributed by atoms with Gasteiger partial charge in [-0.15, -0.1) is 11.3 Å². The molecule has 6 heteroatoms. The summed E-state index contributed by atoms with van der Waals surface area (Å²) in [5.74, 6) is 0.476. The normalized spacial score (nSPS) is 10.4. The van der Waals surface area contributed by atoms with Crippen molar-refractivity contribution >= 4 is 29.0 Å². The molecule has 0 radical (unpaired) electrons. The van der Waals surface area contributed by atoms with E-state index in [1.807, 2.05) is 5.38 Å². The van der Waals surface area contributed by atoms with Gasteiger partial charge in [0.05, 0.1) is 12.1 Å². The van der Waals surface area contributed by atoms with E-state index in [0.717, 1.165) is 21.3 Å². The fourth-order valence-electron chi connectivity index (χ4n) is 1.41. The van der Waals surface area contributed by atoms with Crippen LogP contribution in [0, 0.1) is 5.82 Å². The number of nitrogens with zero attached hydrogens (tertiary/aromatic N) is 1. The Hall–Kier alpha value is -1.40. The molecular formula is C13H13FN2OS2. The number of thioether (sulfide) groups is 1. The summed E-state index contributed by atoms with van der Waals surface area (Å²) in [5, 5.41) is 4.46. The highest BCUT2D eigenvalue weighted by Gasteiger charge is 2.07. The van der Waals surface area contributed by atoms with Gasteiger partial charge in [0.2, 0.25) is 5.91 Å². The van der Waals surface area contributed by atoms with E-state index in [4.69, 9.17) is 0 Å². The Balaban J connectivity index is 1.89. The zero-order valence-electron chi connectivity index (χ0n) is 10.4. The Bertz CT molecular complexity index is 554. The van der Waals surface area contributed by atoms with Crippen LogP contribution in [0.15, 0.2) is 34.0 Å². The Morgan fingerprint density at radius 1 is 1.42 bits per heavy atom. The lowest BCUT2D eigenvalue weighted by Crippen LogP contribution is -2.19. The summed E-state index contributed by atoms with van der Waals surface area (Å²) >= 11 is 3.11. The van der Waals surface area contributed by atoms with Crippen LogP contribution in [0.5, 0.6) is 0 Å². The molecule has 0 saturated heterocycles. The van der Waals surface area contributed by atoms with E-state index in [-0.39, 0.29) is 11.7 Å². The van der Waals surface area contributed by atoms with Gasteiger partial charge in [-0.05, 0) is 17.7 Å². The minimum atomic E-state index is -0.226. The van der Waals surface area contributed by atoms with Gasteiger partial charge in [-0.2, -0.15) is 0 Å². The van der Waals surface area contributed by atoms with Gasteiger partial charge in [-0.3, -0.25) is 4.79 Å². The largest absolute Gasteiger partial charge is 0.359 e. The van der Waals surface area contributed by atoms with Crippen molar-refractivity contribution in [3.63, 3.8) is 0 Å². The maximum atomic E-state index is 12.8. The zero-order chi connectivity index (χ0) is 13.7. The molecule has 0 fully saturated rings. The van der Waals surface area contributed by atoms with Crippen LogP contribution in [0.2, 0.25) is 0 Å². The third kappa shape index (κ3) is 4.33. The predicted molar refractivity (Wildman–Crippen MR) is 75.8 cm³/mol. The standard InChI is InChI=1S/C13H13FN2OS2/c1-15-12(17)6-11-8-19-13(16-11)18-7-9-2-4-10(14)5-3-9/h2-5,8H,6-7H2,1H3,(H,15,17). The number of likely N-dealkylation sites (N-methyl/N-ethyl adjacent to an activating group) is 1. The Morgan fingerprint density at radius 2 is 2.16 bits per heavy atom. The molecule has 0 unspecified atom stereocenters. The van der Waals surface area contributed by atoms with Gasteiger partial charge in [0.15, 0.2) is 0 Å². The number of hydrogen-bond donors (Lipinski definition) is 1. The SMILES string of the molecule is CNC(=O)Cc1csc(SCc2ccc(F)cc2)n1. The lowest BCUT2D eigenvalue weighted by atomic mass is 10.2. The van der Waals surface area contributed by atoms with Crippen LogP contribution in [-0.2, 0) is 17.0 Å². The smallest absolute Gasteiger partial charge is 0.225 e. The first kappa shape index (κ1) is 14.0. The average molecular weight is 296 g/mol. The van der Waals surface area contributed by atoms with E-state index in [1.165, 1.54) is 23.5 Å². The number of carbonyl (C=O) groups excluding carboxylic acids is 1. The van der Waals surface area contributed by atoms with Crippen molar-refractivity contribution in [2.24, 2.45) is 0 Å². The molecular weight excluding hydrogens is 283 g/mol. The monoisotopic (exact) mass is 296 g/mol. The summed E-state index contributed by atoms with van der Waals surface area (Å²) in [6.45, 7) is 0. The van der Waals surface area contributed by atoms with Crippen molar-refractivity contribution in [1.82, 2.24) is 10.3 Å². The van der Waals surface area contributed by atoms with E-state index < -0.39 is 0 Å². The van der Waals surface area contributed by atoms with E-state index in [9.17, 15) is 9.18 Å². The first-order valence-corrected chi connectivity index (χ1v) is 7.56. The number of halogens is 1. The first-order valence-electron chi connectivity index (χ1n) is 5.69. The second-order valence-electron chi connectivity index (χ2n) is 3.87. The molecule has 0 aliphatic rings. The summed E-state index contributed by atoms with van der Waals surface area (Å²) in [6.07, 6.45) is 0.310. The number of amides is 1. The zero-order valence-corrected chi connectivity index (χ0v) is 12.0. The second kappa shape index (κ2) is 6.68. The lowest BCUT2D eigenvalue weighted by molar-refractivity contribution is -0.120. The predicted octanol–water partition coefficient (Wildman–Crippen LogP) is 2.86. The molecule has 1 aromatic carbocycles. The molecule has 1 aromatic heterocycles. The number of nitrogens with one attached hydrogen (secondary N) is 1. The third-order valence-corrected chi connectivity index (χ3v) is 4.57. The van der Waals surface area contributed by atoms with E-state index in [2.05, 4.69) is 10.3 Å². The summed E-state index contributed by atoms with van der Waals surface area (Å²) in [7, 11) is 1.61. The van der Waals surface area contributed by atoms with Crippen LogP contribution >= 0.6 is 23.1 Å². The van der Waals surface area contributed by atoms with Crippen LogP contribution in [0.3, 0.4) is 0 Å². The van der Waals surface area contributed by atoms with Crippen LogP contribution in [0.25, 0.3) is 0 Å². The minimum Gasteiger partial charge on any atom is -0.359 e. The molecule has 2 rings (SSSR count). The number of hydrogen-bond acceptors (Lipinski definition) is 4. The van der Waals surface area contributed by atoms with Crippen molar-refractivity contribution in [2.45, 2.75) is 16.5 Å². The van der Waals surface area contributed by atoms with E-state index in [0.29, 0.717) is 6.42 Å². The quantitative estimate of drug-likeness (QED) is 0.863. The molecule has 1 heterocycles. The Kier molecular flexibility index (Phi) is 4.93. The molecule has 0 aliphatic carbocycles. The van der Waals surface area contributed by atoms with Crippen molar-refractivity contribution < 1.29 is 9.18 Å². The van der Waals surface area contributed by atoms with Gasteiger partial charge in [-0.1, -0.05) is 23.9 Å². The number of rotatable bonds is 5. The molecule has 0 spiro atoms. The summed E-state index contributed by atoms with van der Waals surface area (Å²) in [6, 6.07) is 6.44. The Morgan fingerprint density at radius 3 is 2.84 bits per heavy atom. The highest BCUT2D eigenvalue weighted by molar-refractivity contribution is 8.00. The van der Waals surface area contributed by atoms with Crippen molar-refractivity contribution in [1.29, 1.82) is 0 Å². The molecule has 19 heavy (non-hydrogen) atoms. The van der Waals surface area contributed by atoms with Crippen LogP contribution < -0.4 is 5.32 Å². The molecule has 0 aliphatic heterocycles. The number of benzene rings is 1. The molecule has 1 amide bonds. The van der Waals surface area contributed by atoms with Crippen molar-refractivity contribution in [3.8, 4) is 0 Å². The summed E-state index contributed by atoms with van der Waals surface area (Å²) in [4.78, 5) is 15.6. The molecule has 100 valence electrons. The lowest BCUT2D eigenvalue weighted by Gasteiger charge is -1.98. The minimum absolute atomic E-state index is 0.0413. The van der Waals surface area contributed by atoms with Gasteiger partial charge >= 0.3 is 0 Å². The molecule has 0 bridgehead atoms. The Labute approximate surface area is 119 Å². The first-order chi connectivity index (χ1) is 9.17. The molecule has 0 saturated carbocycles. The van der Waals surface area contributed by atoms with Gasteiger partial charge in [0, 0.05) is 18.2 Å². The molecule has 0 atom stereocenters. The maximum Gasteiger partial charge on any atom is 0.225 e. The molecule has 3 nitrogen and oxygen atoms in total. The molecule has 1 N–H and O–H groups in total. The third-order valence-electron chi connectivity index (χ3n) is 2.43. The summed E-state index contributed by atoms with van der Waals surface area (Å²) in [5.41, 5.74) is 1.83. The van der Waals surface area contributed by atoms with Crippen molar-refractivity contribution in [3.05, 3.63) is 46.7 Å². The molecule has 2 aromatic rings. The van der Waals surface area contributed by atoms with Crippen molar-refractivity contribution in [2.75, 3.05) is 7.05 Å². The average Bonchev–Trinajstić information content (AvgIpc) is 2.85.